The molecule has 0 spiro atoms. The molecule has 0 aromatic heterocycles. The van der Waals surface area contributed by atoms with Crippen molar-refractivity contribution in [2.45, 2.75) is 131 Å². The zero-order chi connectivity index (χ0) is 22.7. The lowest BCUT2D eigenvalue weighted by atomic mass is 9.70. The molecule has 0 rings (SSSR count). The van der Waals surface area contributed by atoms with E-state index in [4.69, 9.17) is 14.2 Å². The summed E-state index contributed by atoms with van der Waals surface area (Å²) in [6.07, 6.45) is 17.1. The average Bonchev–Trinajstić information content (AvgIpc) is 2.73. The maximum atomic E-state index is 6.56. The van der Waals surface area contributed by atoms with Crippen molar-refractivity contribution in [1.82, 2.24) is 0 Å². The molecule has 0 aromatic carbocycles. The van der Waals surface area contributed by atoms with Crippen LogP contribution in [0.3, 0.4) is 0 Å². The summed E-state index contributed by atoms with van der Waals surface area (Å²) in [7, 11) is 0. The van der Waals surface area contributed by atoms with Crippen LogP contribution >= 0.6 is 0 Å². The van der Waals surface area contributed by atoms with E-state index in [0.717, 1.165) is 51.4 Å². The number of ether oxygens (including phenoxy) is 3. The molecule has 3 heteroatoms. The van der Waals surface area contributed by atoms with Gasteiger partial charge in [0.25, 0.3) is 5.97 Å². The Morgan fingerprint density at radius 1 is 0.633 bits per heavy atom. The minimum Gasteiger partial charge on any atom is -0.327 e. The molecular formula is C27H54O3. The normalized spacial score (nSPS) is 14.2. The minimum absolute atomic E-state index is 0.315. The molecule has 0 aliphatic carbocycles. The van der Waals surface area contributed by atoms with Crippen molar-refractivity contribution < 1.29 is 14.2 Å². The van der Waals surface area contributed by atoms with Crippen LogP contribution in [0.4, 0.5) is 0 Å². The fourth-order valence-corrected chi connectivity index (χ4v) is 4.04. The second kappa shape index (κ2) is 18.2. The molecule has 1 atom stereocenters. The molecular weight excluding hydrogens is 372 g/mol. The topological polar surface area (TPSA) is 27.7 Å². The Morgan fingerprint density at radius 2 is 1.03 bits per heavy atom. The van der Waals surface area contributed by atoms with Crippen LogP contribution in [0.15, 0.2) is 12.7 Å². The Kier molecular flexibility index (Phi) is 18.0. The summed E-state index contributed by atoms with van der Waals surface area (Å²) >= 11 is 0. The van der Waals surface area contributed by atoms with E-state index in [1.54, 1.807) is 0 Å². The molecule has 0 fully saturated rings. The third-order valence-corrected chi connectivity index (χ3v) is 6.28. The van der Waals surface area contributed by atoms with Crippen LogP contribution in [0, 0.1) is 11.3 Å². The van der Waals surface area contributed by atoms with Crippen LogP contribution in [-0.4, -0.2) is 25.8 Å². The maximum absolute atomic E-state index is 6.56. The summed E-state index contributed by atoms with van der Waals surface area (Å²) in [5.41, 5.74) is -0.354. The van der Waals surface area contributed by atoms with Crippen molar-refractivity contribution >= 4 is 0 Å². The predicted octanol–water partition coefficient (Wildman–Crippen LogP) is 8.67. The highest BCUT2D eigenvalue weighted by Gasteiger charge is 2.55. The molecule has 0 saturated heterocycles. The molecule has 0 bridgehead atoms. The second-order valence-corrected chi connectivity index (χ2v) is 9.08. The van der Waals surface area contributed by atoms with E-state index in [1.165, 1.54) is 32.1 Å². The molecule has 0 N–H and O–H groups in total. The molecule has 30 heavy (non-hydrogen) atoms. The van der Waals surface area contributed by atoms with Crippen LogP contribution in [0.5, 0.6) is 0 Å². The molecule has 0 aliphatic heterocycles. The Morgan fingerprint density at radius 3 is 1.40 bits per heavy atom. The molecule has 0 aromatic rings. The lowest BCUT2D eigenvalue weighted by molar-refractivity contribution is -0.430. The van der Waals surface area contributed by atoms with Gasteiger partial charge >= 0.3 is 0 Å². The van der Waals surface area contributed by atoms with Gasteiger partial charge in [-0.05, 0) is 31.6 Å². The second-order valence-electron chi connectivity index (χ2n) is 9.08. The molecule has 3 nitrogen and oxygen atoms in total. The number of unbranched alkanes of at least 4 members (excludes halogenated alkanes) is 8. The van der Waals surface area contributed by atoms with Gasteiger partial charge in [-0.15, -0.1) is 6.58 Å². The monoisotopic (exact) mass is 426 g/mol. The van der Waals surface area contributed by atoms with Gasteiger partial charge in [0.15, 0.2) is 0 Å². The fourth-order valence-electron chi connectivity index (χ4n) is 4.04. The van der Waals surface area contributed by atoms with E-state index in [1.807, 2.05) is 0 Å². The summed E-state index contributed by atoms with van der Waals surface area (Å²) in [6, 6.07) is 0. The van der Waals surface area contributed by atoms with Gasteiger partial charge in [0, 0.05) is 0 Å². The Hall–Kier alpha value is -0.380. The van der Waals surface area contributed by atoms with Gasteiger partial charge in [-0.3, -0.25) is 0 Å². The van der Waals surface area contributed by atoms with Gasteiger partial charge in [0.2, 0.25) is 0 Å². The molecule has 0 saturated carbocycles. The zero-order valence-electron chi connectivity index (χ0n) is 21.4. The van der Waals surface area contributed by atoms with Crippen LogP contribution in [0.25, 0.3) is 0 Å². The van der Waals surface area contributed by atoms with E-state index in [9.17, 15) is 0 Å². The third-order valence-electron chi connectivity index (χ3n) is 6.28. The highest BCUT2D eigenvalue weighted by Crippen LogP contribution is 2.49. The van der Waals surface area contributed by atoms with E-state index in [2.05, 4.69) is 54.2 Å². The van der Waals surface area contributed by atoms with Gasteiger partial charge in [-0.25, -0.2) is 0 Å². The lowest BCUT2D eigenvalue weighted by Crippen LogP contribution is -2.56. The summed E-state index contributed by atoms with van der Waals surface area (Å²) in [6.45, 7) is 19.7. The van der Waals surface area contributed by atoms with E-state index in [0.29, 0.717) is 25.7 Å². The first-order chi connectivity index (χ1) is 14.5. The van der Waals surface area contributed by atoms with Crippen molar-refractivity contribution in [2.24, 2.45) is 11.3 Å². The maximum Gasteiger partial charge on any atom is 0.292 e. The number of hydrogen-bond donors (Lipinski definition) is 0. The number of hydrogen-bond acceptors (Lipinski definition) is 3. The molecule has 0 heterocycles. The standard InChI is InChI=1S/C27H54O3/c1-8-13-17-18-19-20-21-26(12-5,25(6)7)27(28-22-14-9-2,29-23-15-10-3)30-24-16-11-4/h12,25H,5,8-11,13-24H2,1-4,6-7H3. The minimum atomic E-state index is -1.04. The van der Waals surface area contributed by atoms with Crippen LogP contribution in [0.2, 0.25) is 0 Å². The van der Waals surface area contributed by atoms with Gasteiger partial charge in [-0.2, -0.15) is 0 Å². The summed E-state index contributed by atoms with van der Waals surface area (Å²) < 4.78 is 19.7. The van der Waals surface area contributed by atoms with Crippen molar-refractivity contribution in [3.05, 3.63) is 12.7 Å². The Labute approximate surface area is 189 Å². The van der Waals surface area contributed by atoms with Crippen molar-refractivity contribution in [3.63, 3.8) is 0 Å². The van der Waals surface area contributed by atoms with Crippen LogP contribution in [0.1, 0.15) is 125 Å². The van der Waals surface area contributed by atoms with Crippen molar-refractivity contribution in [1.29, 1.82) is 0 Å². The Balaban J connectivity index is 5.69. The fraction of sp³-hybridized carbons (Fsp3) is 0.926. The van der Waals surface area contributed by atoms with Gasteiger partial charge in [-0.1, -0.05) is 105 Å². The van der Waals surface area contributed by atoms with Gasteiger partial charge in [0.1, 0.15) is 0 Å². The van der Waals surface area contributed by atoms with Crippen LogP contribution < -0.4 is 0 Å². The molecule has 0 amide bonds. The average molecular weight is 427 g/mol. The largest absolute Gasteiger partial charge is 0.327 e. The predicted molar refractivity (Wildman–Crippen MR) is 131 cm³/mol. The van der Waals surface area contributed by atoms with E-state index >= 15 is 0 Å². The molecule has 0 aliphatic rings. The highest BCUT2D eigenvalue weighted by molar-refractivity contribution is 5.04. The summed E-state index contributed by atoms with van der Waals surface area (Å²) in [5, 5.41) is 0. The van der Waals surface area contributed by atoms with E-state index in [-0.39, 0.29) is 5.41 Å². The highest BCUT2D eigenvalue weighted by atomic mass is 16.9. The third kappa shape index (κ3) is 9.83. The molecule has 0 radical (unpaired) electrons. The summed E-state index contributed by atoms with van der Waals surface area (Å²) in [4.78, 5) is 0. The number of rotatable bonds is 22. The first-order valence-electron chi connectivity index (χ1n) is 13.1. The molecule has 1 unspecified atom stereocenters. The van der Waals surface area contributed by atoms with Crippen molar-refractivity contribution in [2.75, 3.05) is 19.8 Å². The molecule has 180 valence electrons. The van der Waals surface area contributed by atoms with Crippen LogP contribution in [-0.2, 0) is 14.2 Å². The van der Waals surface area contributed by atoms with Gasteiger partial charge in [0.05, 0.1) is 25.2 Å². The summed E-state index contributed by atoms with van der Waals surface area (Å²) in [5.74, 6) is -0.721. The lowest BCUT2D eigenvalue weighted by Gasteiger charge is -2.50. The first kappa shape index (κ1) is 29.6. The zero-order valence-corrected chi connectivity index (χ0v) is 21.4. The smallest absolute Gasteiger partial charge is 0.292 e. The van der Waals surface area contributed by atoms with Gasteiger partial charge < -0.3 is 14.2 Å². The first-order valence-corrected chi connectivity index (χ1v) is 13.1. The quantitative estimate of drug-likeness (QED) is 0.0984. The SMILES string of the molecule is C=CC(CCCCCCCC)(C(C)C)C(OCCCC)(OCCCC)OCCCC. The van der Waals surface area contributed by atoms with E-state index < -0.39 is 5.97 Å². The van der Waals surface area contributed by atoms with Crippen molar-refractivity contribution in [3.8, 4) is 0 Å². The Bertz CT molecular complexity index is 367.